The fourth-order valence-corrected chi connectivity index (χ4v) is 4.62. The largest absolute Gasteiger partial charge is 0.489 e. The van der Waals surface area contributed by atoms with Gasteiger partial charge in [-0.15, -0.1) is 0 Å². The fraction of sp³-hybridized carbons (Fsp3) is 0.207. The molecule has 0 aliphatic heterocycles. The van der Waals surface area contributed by atoms with Crippen molar-refractivity contribution in [2.45, 2.75) is 33.1 Å². The summed E-state index contributed by atoms with van der Waals surface area (Å²) < 4.78 is 49.4. The molecule has 0 aliphatic rings. The van der Waals surface area contributed by atoms with Crippen molar-refractivity contribution in [3.8, 4) is 17.0 Å². The summed E-state index contributed by atoms with van der Waals surface area (Å²) >= 11 is 6.24. The molecule has 0 amide bonds. The summed E-state index contributed by atoms with van der Waals surface area (Å²) in [4.78, 5) is 23.1. The summed E-state index contributed by atoms with van der Waals surface area (Å²) in [7, 11) is 1.72. The van der Waals surface area contributed by atoms with E-state index in [9.17, 15) is 33.0 Å². The lowest BCUT2D eigenvalue weighted by molar-refractivity contribution is -0.138. The number of alkyl halides is 3. The first-order chi connectivity index (χ1) is 18.8. The van der Waals surface area contributed by atoms with Gasteiger partial charge in [-0.1, -0.05) is 29.8 Å². The third kappa shape index (κ3) is 5.81. The second-order valence-corrected chi connectivity index (χ2v) is 9.62. The standard InChI is InChI=1S/C29H24ClF3N2O5/c1-15-11-19(25-16(2)26(30)35(3)34-25)9-10-24(15)40-14-22-17(5-4-6-23(22)29(31,32)33)12-18-7-8-20(27(36)37)13-21(18)28(38)39/h4-11,13H,12,14H2,1-3H3,(H,36,37)(H,38,39). The molecule has 0 bridgehead atoms. The molecular weight excluding hydrogens is 549 g/mol. The maximum absolute atomic E-state index is 14.0. The lowest BCUT2D eigenvalue weighted by atomic mass is 9.92. The minimum Gasteiger partial charge on any atom is -0.489 e. The van der Waals surface area contributed by atoms with Crippen LogP contribution in [-0.2, 0) is 26.3 Å². The van der Waals surface area contributed by atoms with Crippen LogP contribution in [0.15, 0.2) is 54.6 Å². The van der Waals surface area contributed by atoms with Crippen LogP contribution in [0.3, 0.4) is 0 Å². The predicted octanol–water partition coefficient (Wildman–Crippen LogP) is 6.94. The summed E-state index contributed by atoms with van der Waals surface area (Å²) in [6.07, 6.45) is -4.87. The Labute approximate surface area is 232 Å². The number of carbonyl (C=O) groups is 2. The molecule has 0 spiro atoms. The highest BCUT2D eigenvalue weighted by Crippen LogP contribution is 2.36. The number of aromatic carboxylic acids is 2. The molecule has 0 saturated heterocycles. The van der Waals surface area contributed by atoms with Gasteiger partial charge in [0, 0.05) is 23.7 Å². The Kier molecular flexibility index (Phi) is 7.93. The number of aryl methyl sites for hydroxylation is 2. The number of rotatable bonds is 8. The van der Waals surface area contributed by atoms with Crippen LogP contribution in [0.25, 0.3) is 11.3 Å². The van der Waals surface area contributed by atoms with Crippen LogP contribution in [0.2, 0.25) is 5.15 Å². The topological polar surface area (TPSA) is 102 Å². The summed E-state index contributed by atoms with van der Waals surface area (Å²) in [6, 6.07) is 12.4. The van der Waals surface area contributed by atoms with Gasteiger partial charge < -0.3 is 14.9 Å². The third-order valence-electron chi connectivity index (χ3n) is 6.57. The van der Waals surface area contributed by atoms with Crippen molar-refractivity contribution in [1.82, 2.24) is 9.78 Å². The smallest absolute Gasteiger partial charge is 0.416 e. The zero-order valence-corrected chi connectivity index (χ0v) is 22.4. The first kappa shape index (κ1) is 28.7. The van der Waals surface area contributed by atoms with Crippen LogP contribution in [0.1, 0.15) is 54.1 Å². The molecule has 0 saturated carbocycles. The highest BCUT2D eigenvalue weighted by molar-refractivity contribution is 6.30. The number of hydrogen-bond acceptors (Lipinski definition) is 4. The van der Waals surface area contributed by atoms with Gasteiger partial charge in [0.05, 0.1) is 22.4 Å². The summed E-state index contributed by atoms with van der Waals surface area (Å²) in [5.74, 6) is -2.34. The zero-order chi connectivity index (χ0) is 29.4. The molecule has 11 heteroatoms. The van der Waals surface area contributed by atoms with E-state index in [0.29, 0.717) is 22.2 Å². The van der Waals surface area contributed by atoms with Gasteiger partial charge in [-0.25, -0.2) is 9.59 Å². The molecule has 0 unspecified atom stereocenters. The highest BCUT2D eigenvalue weighted by atomic mass is 35.5. The Balaban J connectivity index is 1.68. The van der Waals surface area contributed by atoms with Crippen LogP contribution >= 0.6 is 11.6 Å². The normalized spacial score (nSPS) is 11.5. The monoisotopic (exact) mass is 572 g/mol. The van der Waals surface area contributed by atoms with E-state index in [0.717, 1.165) is 23.3 Å². The van der Waals surface area contributed by atoms with Crippen LogP contribution < -0.4 is 4.74 Å². The van der Waals surface area contributed by atoms with E-state index < -0.39 is 30.3 Å². The van der Waals surface area contributed by atoms with Gasteiger partial charge in [0.25, 0.3) is 0 Å². The number of nitrogens with zero attached hydrogens (tertiary/aromatic N) is 2. The van der Waals surface area contributed by atoms with Crippen LogP contribution in [0, 0.1) is 13.8 Å². The maximum atomic E-state index is 14.0. The zero-order valence-electron chi connectivity index (χ0n) is 21.6. The molecule has 7 nitrogen and oxygen atoms in total. The average Bonchev–Trinajstić information content (AvgIpc) is 3.15. The van der Waals surface area contributed by atoms with Gasteiger partial charge in [0.1, 0.15) is 17.5 Å². The number of halogens is 4. The Bertz CT molecular complexity index is 1630. The van der Waals surface area contributed by atoms with Crippen LogP contribution in [0.4, 0.5) is 13.2 Å². The Hall–Kier alpha value is -4.31. The van der Waals surface area contributed by atoms with Gasteiger partial charge in [0.2, 0.25) is 0 Å². The van der Waals surface area contributed by atoms with Crippen LogP contribution in [0.5, 0.6) is 5.75 Å². The molecule has 0 radical (unpaired) electrons. The average molecular weight is 573 g/mol. The summed E-state index contributed by atoms with van der Waals surface area (Å²) in [6.45, 7) is 3.17. The molecule has 0 fully saturated rings. The number of hydrogen-bond donors (Lipinski definition) is 2. The summed E-state index contributed by atoms with van der Waals surface area (Å²) in [5, 5.41) is 23.7. The molecule has 1 heterocycles. The quantitative estimate of drug-likeness (QED) is 0.237. The van der Waals surface area contributed by atoms with Crippen LogP contribution in [-0.4, -0.2) is 31.9 Å². The van der Waals surface area contributed by atoms with E-state index in [1.165, 1.54) is 24.3 Å². The van der Waals surface area contributed by atoms with Gasteiger partial charge >= 0.3 is 18.1 Å². The number of carboxylic acids is 2. The predicted molar refractivity (Wildman–Crippen MR) is 142 cm³/mol. The van der Waals surface area contributed by atoms with Crippen molar-refractivity contribution in [3.05, 3.63) is 104 Å². The van der Waals surface area contributed by atoms with Gasteiger partial charge in [-0.05, 0) is 73.4 Å². The fourth-order valence-electron chi connectivity index (χ4n) is 4.50. The lowest BCUT2D eigenvalue weighted by Gasteiger charge is -2.19. The third-order valence-corrected chi connectivity index (χ3v) is 7.09. The van der Waals surface area contributed by atoms with Gasteiger partial charge in [0.15, 0.2) is 0 Å². The molecule has 0 atom stereocenters. The first-order valence-electron chi connectivity index (χ1n) is 12.0. The summed E-state index contributed by atoms with van der Waals surface area (Å²) in [5.41, 5.74) is 1.68. The number of benzene rings is 3. The van der Waals surface area contributed by atoms with Gasteiger partial charge in [-0.3, -0.25) is 4.68 Å². The van der Waals surface area contributed by atoms with E-state index in [4.69, 9.17) is 16.3 Å². The van der Waals surface area contributed by atoms with Crippen molar-refractivity contribution in [1.29, 1.82) is 0 Å². The van der Waals surface area contributed by atoms with E-state index in [-0.39, 0.29) is 34.2 Å². The molecular formula is C29H24ClF3N2O5. The second-order valence-electron chi connectivity index (χ2n) is 9.26. The van der Waals surface area contributed by atoms with Crippen molar-refractivity contribution >= 4 is 23.5 Å². The number of ether oxygens (including phenoxy) is 1. The molecule has 4 aromatic rings. The molecule has 1 aromatic heterocycles. The number of aromatic nitrogens is 2. The lowest BCUT2D eigenvalue weighted by Crippen LogP contribution is -2.14. The Morgan fingerprint density at radius 1 is 1.00 bits per heavy atom. The van der Waals surface area contributed by atoms with Crippen molar-refractivity contribution < 1.29 is 37.7 Å². The molecule has 0 aliphatic carbocycles. The van der Waals surface area contributed by atoms with E-state index in [1.807, 2.05) is 6.92 Å². The maximum Gasteiger partial charge on any atom is 0.416 e. The van der Waals surface area contributed by atoms with Gasteiger partial charge in [-0.2, -0.15) is 18.3 Å². The minimum atomic E-state index is -4.69. The van der Waals surface area contributed by atoms with E-state index >= 15 is 0 Å². The second kappa shape index (κ2) is 11.1. The molecule has 4 rings (SSSR count). The minimum absolute atomic E-state index is 0.149. The van der Waals surface area contributed by atoms with Crippen molar-refractivity contribution in [3.63, 3.8) is 0 Å². The van der Waals surface area contributed by atoms with E-state index in [1.54, 1.807) is 36.9 Å². The molecule has 40 heavy (non-hydrogen) atoms. The SMILES string of the molecule is Cc1cc(-c2nn(C)c(Cl)c2C)ccc1OCc1c(Cc2ccc(C(=O)O)cc2C(=O)O)cccc1C(F)(F)F. The first-order valence-corrected chi connectivity index (χ1v) is 12.4. The highest BCUT2D eigenvalue weighted by Gasteiger charge is 2.34. The Morgan fingerprint density at radius 2 is 1.73 bits per heavy atom. The van der Waals surface area contributed by atoms with E-state index in [2.05, 4.69) is 5.10 Å². The van der Waals surface area contributed by atoms with Crippen molar-refractivity contribution in [2.75, 3.05) is 0 Å². The Morgan fingerprint density at radius 3 is 2.30 bits per heavy atom. The molecule has 208 valence electrons. The number of carboxylic acid groups (broad SMARTS) is 2. The molecule has 2 N–H and O–H groups in total. The molecule has 3 aromatic carbocycles. The van der Waals surface area contributed by atoms with Crippen molar-refractivity contribution in [2.24, 2.45) is 7.05 Å².